The van der Waals surface area contributed by atoms with Crippen LogP contribution in [0.3, 0.4) is 0 Å². The van der Waals surface area contributed by atoms with Crippen LogP contribution in [0.15, 0.2) is 0 Å². The van der Waals surface area contributed by atoms with Crippen molar-refractivity contribution in [3.63, 3.8) is 0 Å². The summed E-state index contributed by atoms with van der Waals surface area (Å²) in [6, 6.07) is 2.12. The minimum atomic E-state index is -0.499. The summed E-state index contributed by atoms with van der Waals surface area (Å²) >= 11 is 0. The molecule has 0 saturated carbocycles. The Hall–Kier alpha value is -1.04. The number of hydrogen-bond donors (Lipinski definition) is 1. The fraction of sp³-hybridized carbons (Fsp3) is 0.800. The van der Waals surface area contributed by atoms with Gasteiger partial charge in [-0.15, -0.1) is 0 Å². The molecule has 3 heteroatoms. The highest BCUT2D eigenvalue weighted by Gasteiger charge is 2.18. The topological polar surface area (TPSA) is 52.9 Å². The molecule has 0 aromatic heterocycles. The van der Waals surface area contributed by atoms with Crippen LogP contribution in [0.25, 0.3) is 0 Å². The fourth-order valence-corrected chi connectivity index (χ4v) is 0.827. The second-order valence-corrected chi connectivity index (χ2v) is 3.63. The summed E-state index contributed by atoms with van der Waals surface area (Å²) in [6.45, 7) is 7.87. The van der Waals surface area contributed by atoms with Crippen molar-refractivity contribution in [2.75, 3.05) is 0 Å². The maximum atomic E-state index is 11.4. The second kappa shape index (κ2) is 5.58. The van der Waals surface area contributed by atoms with Gasteiger partial charge in [-0.2, -0.15) is 5.26 Å². The average Bonchev–Trinajstić information content (AvgIpc) is 2.06. The van der Waals surface area contributed by atoms with Gasteiger partial charge in [0.05, 0.1) is 6.07 Å². The van der Waals surface area contributed by atoms with Crippen LogP contribution in [0.1, 0.15) is 34.1 Å². The average molecular weight is 182 g/mol. The van der Waals surface area contributed by atoms with E-state index >= 15 is 0 Å². The lowest BCUT2D eigenvalue weighted by Crippen LogP contribution is -2.39. The van der Waals surface area contributed by atoms with Crippen LogP contribution in [-0.4, -0.2) is 11.9 Å². The van der Waals surface area contributed by atoms with Crippen LogP contribution in [0, 0.1) is 23.2 Å². The summed E-state index contributed by atoms with van der Waals surface area (Å²) in [5, 5.41) is 11.5. The molecule has 0 aromatic rings. The molecule has 0 aliphatic heterocycles. The number of carbonyl (C=O) groups is 1. The first-order chi connectivity index (χ1) is 6.02. The molecule has 0 bridgehead atoms. The summed E-state index contributed by atoms with van der Waals surface area (Å²) in [5.74, 6) is -0.243. The van der Waals surface area contributed by atoms with Gasteiger partial charge < -0.3 is 5.32 Å². The monoisotopic (exact) mass is 182 g/mol. The lowest BCUT2D eigenvalue weighted by molar-refractivity contribution is -0.124. The van der Waals surface area contributed by atoms with Gasteiger partial charge in [0, 0.05) is 6.04 Å². The third-order valence-electron chi connectivity index (χ3n) is 2.25. The molecule has 0 heterocycles. The summed E-state index contributed by atoms with van der Waals surface area (Å²) in [6.07, 6.45) is 0.577. The molecule has 74 valence electrons. The summed E-state index contributed by atoms with van der Waals surface area (Å²) in [4.78, 5) is 11.4. The smallest absolute Gasteiger partial charge is 0.237 e. The Morgan fingerprint density at radius 2 is 2.00 bits per heavy atom. The van der Waals surface area contributed by atoms with E-state index in [1.54, 1.807) is 0 Å². The first-order valence-corrected chi connectivity index (χ1v) is 4.72. The van der Waals surface area contributed by atoms with Crippen molar-refractivity contribution in [3.8, 4) is 6.07 Å². The Morgan fingerprint density at radius 3 is 2.31 bits per heavy atom. The van der Waals surface area contributed by atoms with Crippen molar-refractivity contribution in [2.45, 2.75) is 40.2 Å². The molecular weight excluding hydrogens is 164 g/mol. The Bertz CT molecular complexity index is 205. The van der Waals surface area contributed by atoms with E-state index in [9.17, 15) is 4.79 Å². The van der Waals surface area contributed by atoms with Gasteiger partial charge in [0.2, 0.25) is 5.91 Å². The minimum Gasteiger partial charge on any atom is -0.352 e. The number of rotatable bonds is 4. The van der Waals surface area contributed by atoms with E-state index in [2.05, 4.69) is 5.32 Å². The number of nitrogens with zero attached hydrogens (tertiary/aromatic N) is 1. The maximum Gasteiger partial charge on any atom is 0.237 e. The molecule has 0 saturated heterocycles. The summed E-state index contributed by atoms with van der Waals surface area (Å²) < 4.78 is 0. The highest BCUT2D eigenvalue weighted by Crippen LogP contribution is 2.04. The molecule has 0 aliphatic rings. The highest BCUT2D eigenvalue weighted by atomic mass is 16.1. The Labute approximate surface area is 80.1 Å². The molecule has 2 unspecified atom stereocenters. The Balaban J connectivity index is 4.07. The molecule has 0 fully saturated rings. The highest BCUT2D eigenvalue weighted by molar-refractivity contribution is 5.81. The van der Waals surface area contributed by atoms with Crippen molar-refractivity contribution < 1.29 is 4.79 Å². The third kappa shape index (κ3) is 3.93. The quantitative estimate of drug-likeness (QED) is 0.719. The van der Waals surface area contributed by atoms with E-state index < -0.39 is 5.92 Å². The number of hydrogen-bond acceptors (Lipinski definition) is 2. The normalized spacial score (nSPS) is 14.8. The number of amides is 1. The molecule has 1 amide bonds. The molecular formula is C10H18N2O. The molecule has 3 nitrogen and oxygen atoms in total. The molecule has 0 spiro atoms. The van der Waals surface area contributed by atoms with Gasteiger partial charge in [0.1, 0.15) is 5.92 Å². The first-order valence-electron chi connectivity index (χ1n) is 4.72. The van der Waals surface area contributed by atoms with Gasteiger partial charge in [0.25, 0.3) is 0 Å². The number of nitrogens with one attached hydrogen (secondary N) is 1. The van der Waals surface area contributed by atoms with Crippen molar-refractivity contribution in [1.29, 1.82) is 5.26 Å². The molecule has 0 aliphatic carbocycles. The molecule has 1 N–H and O–H groups in total. The van der Waals surface area contributed by atoms with Crippen LogP contribution in [0.4, 0.5) is 0 Å². The molecule has 13 heavy (non-hydrogen) atoms. The largest absolute Gasteiger partial charge is 0.352 e. The Kier molecular flexibility index (Phi) is 5.13. The minimum absolute atomic E-state index is 0.134. The van der Waals surface area contributed by atoms with Gasteiger partial charge in [-0.1, -0.05) is 20.8 Å². The van der Waals surface area contributed by atoms with Crippen LogP contribution in [0.5, 0.6) is 0 Å². The predicted molar refractivity (Wildman–Crippen MR) is 51.8 cm³/mol. The van der Waals surface area contributed by atoms with Gasteiger partial charge >= 0.3 is 0 Å². The zero-order valence-electron chi connectivity index (χ0n) is 8.79. The lowest BCUT2D eigenvalue weighted by atomic mass is 10.0. The Morgan fingerprint density at radius 1 is 1.46 bits per heavy atom. The van der Waals surface area contributed by atoms with Gasteiger partial charge in [-0.3, -0.25) is 4.79 Å². The SMILES string of the molecule is CCC(C#N)C(=O)NC(C)C(C)C. The molecule has 0 rings (SSSR count). The second-order valence-electron chi connectivity index (χ2n) is 3.63. The summed E-state index contributed by atoms with van der Waals surface area (Å²) in [7, 11) is 0. The van der Waals surface area contributed by atoms with E-state index in [4.69, 9.17) is 5.26 Å². The first kappa shape index (κ1) is 12.0. The number of carbonyl (C=O) groups excluding carboxylic acids is 1. The van der Waals surface area contributed by atoms with E-state index in [1.807, 2.05) is 33.8 Å². The van der Waals surface area contributed by atoms with E-state index in [0.29, 0.717) is 12.3 Å². The zero-order valence-corrected chi connectivity index (χ0v) is 8.79. The molecule has 0 radical (unpaired) electrons. The molecule has 0 aromatic carbocycles. The van der Waals surface area contributed by atoms with Gasteiger partial charge in [0.15, 0.2) is 0 Å². The van der Waals surface area contributed by atoms with E-state index in [-0.39, 0.29) is 11.9 Å². The van der Waals surface area contributed by atoms with Crippen LogP contribution >= 0.6 is 0 Å². The zero-order chi connectivity index (χ0) is 10.4. The van der Waals surface area contributed by atoms with Crippen LogP contribution < -0.4 is 5.32 Å². The number of nitriles is 1. The molecule has 2 atom stereocenters. The van der Waals surface area contributed by atoms with Crippen LogP contribution in [0.2, 0.25) is 0 Å². The van der Waals surface area contributed by atoms with E-state index in [1.165, 1.54) is 0 Å². The van der Waals surface area contributed by atoms with Gasteiger partial charge in [-0.25, -0.2) is 0 Å². The van der Waals surface area contributed by atoms with Crippen molar-refractivity contribution >= 4 is 5.91 Å². The van der Waals surface area contributed by atoms with Crippen LogP contribution in [-0.2, 0) is 4.79 Å². The van der Waals surface area contributed by atoms with Crippen molar-refractivity contribution in [1.82, 2.24) is 5.32 Å². The summed E-state index contributed by atoms with van der Waals surface area (Å²) in [5.41, 5.74) is 0. The lowest BCUT2D eigenvalue weighted by Gasteiger charge is -2.18. The van der Waals surface area contributed by atoms with Gasteiger partial charge in [-0.05, 0) is 19.3 Å². The predicted octanol–water partition coefficient (Wildman–Crippen LogP) is 1.70. The maximum absolute atomic E-state index is 11.4. The van der Waals surface area contributed by atoms with Crippen molar-refractivity contribution in [2.24, 2.45) is 11.8 Å². The van der Waals surface area contributed by atoms with E-state index in [0.717, 1.165) is 0 Å². The standard InChI is InChI=1S/C10H18N2O/c1-5-9(6-11)10(13)12-8(4)7(2)3/h7-9H,5H2,1-4H3,(H,12,13). The fourth-order valence-electron chi connectivity index (χ4n) is 0.827. The van der Waals surface area contributed by atoms with Crippen molar-refractivity contribution in [3.05, 3.63) is 0 Å². The third-order valence-corrected chi connectivity index (χ3v) is 2.25.